The van der Waals surface area contributed by atoms with Gasteiger partial charge in [-0.1, -0.05) is 12.1 Å². The molecule has 0 aliphatic rings. The highest BCUT2D eigenvalue weighted by Crippen LogP contribution is 2.13. The fourth-order valence-corrected chi connectivity index (χ4v) is 1.62. The van der Waals surface area contributed by atoms with Crippen molar-refractivity contribution in [3.63, 3.8) is 0 Å². The second-order valence-electron chi connectivity index (χ2n) is 4.13. The summed E-state index contributed by atoms with van der Waals surface area (Å²) in [5, 5.41) is 11.8. The number of nitrogens with zero attached hydrogens (tertiary/aromatic N) is 2. The van der Waals surface area contributed by atoms with Gasteiger partial charge in [-0.25, -0.2) is 4.98 Å². The number of benzene rings is 1. The lowest BCUT2D eigenvalue weighted by Crippen LogP contribution is -1.99. The van der Waals surface area contributed by atoms with Crippen LogP contribution in [0, 0.1) is 25.2 Å². The highest BCUT2D eigenvalue weighted by Gasteiger charge is 2.04. The Morgan fingerprint density at radius 1 is 1.28 bits per heavy atom. The minimum absolute atomic E-state index is 0.443. The molecule has 2 rings (SSSR count). The Balaban J connectivity index is 1.96. The molecule has 0 bridgehead atoms. The summed E-state index contributed by atoms with van der Waals surface area (Å²) < 4.78 is 5.48. The van der Waals surface area contributed by atoms with E-state index < -0.39 is 0 Å². The molecule has 92 valence electrons. The van der Waals surface area contributed by atoms with Gasteiger partial charge in [0.1, 0.15) is 5.76 Å². The molecule has 0 amide bonds. The standard InChI is InChI=1S/C14H15N3O/c1-10-11(2)18-14(17-10)9-16-13-5-3-12(4-6-13)7-8-15/h3-6,16H,7,9H2,1-2H3. The number of nitrogens with one attached hydrogen (secondary N) is 1. The Bertz CT molecular complexity index is 544. The summed E-state index contributed by atoms with van der Waals surface area (Å²) >= 11 is 0. The lowest BCUT2D eigenvalue weighted by atomic mass is 10.1. The second kappa shape index (κ2) is 5.37. The van der Waals surface area contributed by atoms with Crippen molar-refractivity contribution in [3.05, 3.63) is 47.2 Å². The predicted octanol–water partition coefficient (Wildman–Crippen LogP) is 2.97. The molecule has 0 unspecified atom stereocenters. The predicted molar refractivity (Wildman–Crippen MR) is 69.1 cm³/mol. The van der Waals surface area contributed by atoms with Gasteiger partial charge in [0.15, 0.2) is 0 Å². The summed E-state index contributed by atoms with van der Waals surface area (Å²) in [4.78, 5) is 4.30. The van der Waals surface area contributed by atoms with Gasteiger partial charge in [0.2, 0.25) is 5.89 Å². The van der Waals surface area contributed by atoms with Crippen molar-refractivity contribution in [3.8, 4) is 6.07 Å². The van der Waals surface area contributed by atoms with Gasteiger partial charge in [0.05, 0.1) is 24.7 Å². The van der Waals surface area contributed by atoms with E-state index in [2.05, 4.69) is 16.4 Å². The quantitative estimate of drug-likeness (QED) is 0.893. The van der Waals surface area contributed by atoms with Crippen molar-refractivity contribution in [2.75, 3.05) is 5.32 Å². The first-order chi connectivity index (χ1) is 8.69. The molecule has 1 aromatic heterocycles. The fraction of sp³-hybridized carbons (Fsp3) is 0.286. The molecule has 0 spiro atoms. The molecule has 1 heterocycles. The third kappa shape index (κ3) is 2.89. The Kier molecular flexibility index (Phi) is 3.63. The van der Waals surface area contributed by atoms with Crippen molar-refractivity contribution in [1.29, 1.82) is 5.26 Å². The van der Waals surface area contributed by atoms with Gasteiger partial charge < -0.3 is 9.73 Å². The first kappa shape index (κ1) is 12.2. The number of rotatable bonds is 4. The zero-order valence-corrected chi connectivity index (χ0v) is 10.5. The first-order valence-electron chi connectivity index (χ1n) is 5.81. The third-order valence-corrected chi connectivity index (χ3v) is 2.75. The highest BCUT2D eigenvalue weighted by atomic mass is 16.4. The Morgan fingerprint density at radius 2 is 2.00 bits per heavy atom. The van der Waals surface area contributed by atoms with Crippen molar-refractivity contribution in [2.45, 2.75) is 26.8 Å². The van der Waals surface area contributed by atoms with Crippen molar-refractivity contribution in [1.82, 2.24) is 4.98 Å². The molecule has 2 aromatic rings. The number of hydrogen-bond acceptors (Lipinski definition) is 4. The topological polar surface area (TPSA) is 61.9 Å². The average molecular weight is 241 g/mol. The fourth-order valence-electron chi connectivity index (χ4n) is 1.62. The van der Waals surface area contributed by atoms with Crippen LogP contribution in [0.3, 0.4) is 0 Å². The molecule has 0 saturated heterocycles. The number of aryl methyl sites for hydroxylation is 2. The van der Waals surface area contributed by atoms with Crippen LogP contribution in [-0.4, -0.2) is 4.98 Å². The second-order valence-corrected chi connectivity index (χ2v) is 4.13. The van der Waals surface area contributed by atoms with Crippen LogP contribution in [0.5, 0.6) is 0 Å². The normalized spacial score (nSPS) is 10.1. The highest BCUT2D eigenvalue weighted by molar-refractivity contribution is 5.44. The van der Waals surface area contributed by atoms with E-state index in [4.69, 9.17) is 9.68 Å². The molecule has 0 aliphatic heterocycles. The van der Waals surface area contributed by atoms with Crippen molar-refractivity contribution in [2.24, 2.45) is 0 Å². The lowest BCUT2D eigenvalue weighted by Gasteiger charge is -2.04. The SMILES string of the molecule is Cc1nc(CNc2ccc(CC#N)cc2)oc1C. The van der Waals surface area contributed by atoms with Gasteiger partial charge in [-0.15, -0.1) is 0 Å². The summed E-state index contributed by atoms with van der Waals surface area (Å²) in [5.74, 6) is 1.54. The molecule has 0 radical (unpaired) electrons. The molecule has 4 nitrogen and oxygen atoms in total. The molecule has 1 aromatic carbocycles. The van der Waals surface area contributed by atoms with E-state index in [0.717, 1.165) is 22.7 Å². The maximum Gasteiger partial charge on any atom is 0.213 e. The molecular formula is C14H15N3O. The Hall–Kier alpha value is -2.28. The largest absolute Gasteiger partial charge is 0.444 e. The summed E-state index contributed by atoms with van der Waals surface area (Å²) in [6.07, 6.45) is 0.443. The molecule has 4 heteroatoms. The average Bonchev–Trinajstić information content (AvgIpc) is 2.68. The molecule has 0 fully saturated rings. The van der Waals surface area contributed by atoms with Crippen molar-refractivity contribution < 1.29 is 4.42 Å². The van der Waals surface area contributed by atoms with Crippen LogP contribution in [0.15, 0.2) is 28.7 Å². The van der Waals surface area contributed by atoms with E-state index in [1.165, 1.54) is 0 Å². The van der Waals surface area contributed by atoms with E-state index in [0.29, 0.717) is 18.9 Å². The molecular weight excluding hydrogens is 226 g/mol. The zero-order chi connectivity index (χ0) is 13.0. The van der Waals surface area contributed by atoms with Crippen LogP contribution in [0.1, 0.15) is 22.9 Å². The smallest absolute Gasteiger partial charge is 0.213 e. The molecule has 0 saturated carbocycles. The van der Waals surface area contributed by atoms with Gasteiger partial charge in [0, 0.05) is 5.69 Å². The van der Waals surface area contributed by atoms with Crippen LogP contribution in [0.2, 0.25) is 0 Å². The summed E-state index contributed by atoms with van der Waals surface area (Å²) in [7, 11) is 0. The number of oxazole rings is 1. The van der Waals surface area contributed by atoms with Gasteiger partial charge in [-0.05, 0) is 31.5 Å². The first-order valence-corrected chi connectivity index (χ1v) is 5.81. The van der Waals surface area contributed by atoms with E-state index in [9.17, 15) is 0 Å². The molecule has 18 heavy (non-hydrogen) atoms. The molecule has 0 atom stereocenters. The summed E-state index contributed by atoms with van der Waals surface area (Å²) in [5.41, 5.74) is 2.94. The number of anilines is 1. The number of nitriles is 1. The van der Waals surface area contributed by atoms with Gasteiger partial charge in [-0.2, -0.15) is 5.26 Å². The molecule has 0 aliphatic carbocycles. The number of hydrogen-bond donors (Lipinski definition) is 1. The zero-order valence-electron chi connectivity index (χ0n) is 10.5. The monoisotopic (exact) mass is 241 g/mol. The summed E-state index contributed by atoms with van der Waals surface area (Å²) in [6, 6.07) is 9.92. The van der Waals surface area contributed by atoms with Crippen LogP contribution in [0.25, 0.3) is 0 Å². The maximum absolute atomic E-state index is 8.58. The van der Waals surface area contributed by atoms with Crippen LogP contribution in [0.4, 0.5) is 5.69 Å². The van der Waals surface area contributed by atoms with E-state index >= 15 is 0 Å². The van der Waals surface area contributed by atoms with Gasteiger partial charge >= 0.3 is 0 Å². The van der Waals surface area contributed by atoms with E-state index in [1.54, 1.807) is 0 Å². The van der Waals surface area contributed by atoms with E-state index in [1.807, 2.05) is 38.1 Å². The van der Waals surface area contributed by atoms with Crippen LogP contribution >= 0.6 is 0 Å². The maximum atomic E-state index is 8.58. The van der Waals surface area contributed by atoms with Crippen LogP contribution in [-0.2, 0) is 13.0 Å². The Labute approximate surface area is 106 Å². The third-order valence-electron chi connectivity index (χ3n) is 2.75. The molecule has 1 N–H and O–H groups in total. The van der Waals surface area contributed by atoms with E-state index in [-0.39, 0.29) is 0 Å². The van der Waals surface area contributed by atoms with Crippen LogP contribution < -0.4 is 5.32 Å². The number of aromatic nitrogens is 1. The van der Waals surface area contributed by atoms with Crippen molar-refractivity contribution >= 4 is 5.69 Å². The minimum Gasteiger partial charge on any atom is -0.444 e. The lowest BCUT2D eigenvalue weighted by molar-refractivity contribution is 0.478. The van der Waals surface area contributed by atoms with Gasteiger partial charge in [-0.3, -0.25) is 0 Å². The van der Waals surface area contributed by atoms with Gasteiger partial charge in [0.25, 0.3) is 0 Å². The Morgan fingerprint density at radius 3 is 2.56 bits per heavy atom. The summed E-state index contributed by atoms with van der Waals surface area (Å²) in [6.45, 7) is 4.40. The minimum atomic E-state index is 0.443.